The van der Waals surface area contributed by atoms with Crippen LogP contribution in [-0.4, -0.2) is 26.8 Å². The average Bonchev–Trinajstić information content (AvgIpc) is 2.66. The molecule has 7 nitrogen and oxygen atoms in total. The number of hydrogen-bond donors (Lipinski definition) is 2. The van der Waals surface area contributed by atoms with Gasteiger partial charge in [-0.2, -0.15) is 5.10 Å². The van der Waals surface area contributed by atoms with Crippen LogP contribution in [0.25, 0.3) is 10.9 Å². The number of hydrogen-bond acceptors (Lipinski definition) is 5. The highest BCUT2D eigenvalue weighted by molar-refractivity contribution is 6.02. The van der Waals surface area contributed by atoms with E-state index in [0.717, 1.165) is 0 Å². The van der Waals surface area contributed by atoms with Crippen molar-refractivity contribution in [2.45, 2.75) is 6.54 Å². The molecule has 1 aromatic carbocycles. The van der Waals surface area contributed by atoms with Gasteiger partial charge in [0.05, 0.1) is 11.7 Å². The summed E-state index contributed by atoms with van der Waals surface area (Å²) in [6.07, 6.45) is 6.13. The molecule has 26 heavy (non-hydrogen) atoms. The van der Waals surface area contributed by atoms with Gasteiger partial charge < -0.3 is 9.67 Å². The van der Waals surface area contributed by atoms with Gasteiger partial charge in [-0.05, 0) is 18.2 Å². The predicted molar refractivity (Wildman–Crippen MR) is 99.4 cm³/mol. The maximum absolute atomic E-state index is 12.7. The Balaban J connectivity index is 2.01. The van der Waals surface area contributed by atoms with Gasteiger partial charge in [-0.25, -0.2) is 5.43 Å². The van der Waals surface area contributed by atoms with Crippen molar-refractivity contribution in [3.63, 3.8) is 0 Å². The Bertz CT molecular complexity index is 1060. The highest BCUT2D eigenvalue weighted by atomic mass is 16.3. The number of carbonyl (C=O) groups is 1. The fraction of sp³-hybridized carbons (Fsp3) is 0.0526. The van der Waals surface area contributed by atoms with Crippen LogP contribution in [0.5, 0.6) is 5.75 Å². The second kappa shape index (κ2) is 7.43. The van der Waals surface area contributed by atoms with Gasteiger partial charge in [0.25, 0.3) is 11.5 Å². The van der Waals surface area contributed by atoms with Crippen molar-refractivity contribution < 1.29 is 9.90 Å². The summed E-state index contributed by atoms with van der Waals surface area (Å²) in [5, 5.41) is 14.7. The van der Waals surface area contributed by atoms with Crippen molar-refractivity contribution in [1.82, 2.24) is 15.0 Å². The number of benzene rings is 1. The van der Waals surface area contributed by atoms with Crippen molar-refractivity contribution in [3.8, 4) is 5.75 Å². The average molecular weight is 348 g/mol. The van der Waals surface area contributed by atoms with Crippen LogP contribution in [0.2, 0.25) is 0 Å². The van der Waals surface area contributed by atoms with E-state index in [0.29, 0.717) is 16.5 Å². The third-order valence-electron chi connectivity index (χ3n) is 3.75. The summed E-state index contributed by atoms with van der Waals surface area (Å²) in [4.78, 5) is 29.1. The monoisotopic (exact) mass is 348 g/mol. The van der Waals surface area contributed by atoms with E-state index in [9.17, 15) is 14.7 Å². The molecule has 0 saturated carbocycles. The topological polar surface area (TPSA) is 96.6 Å². The second-order valence-electron chi connectivity index (χ2n) is 5.43. The minimum atomic E-state index is -0.795. The van der Waals surface area contributed by atoms with Crippen molar-refractivity contribution >= 4 is 23.0 Å². The molecule has 3 aromatic rings. The highest BCUT2D eigenvalue weighted by Gasteiger charge is 2.21. The molecule has 1 amide bonds. The molecule has 2 heterocycles. The lowest BCUT2D eigenvalue weighted by atomic mass is 10.1. The minimum absolute atomic E-state index is 0.207. The number of allylic oxidation sites excluding steroid dienone is 1. The van der Waals surface area contributed by atoms with Gasteiger partial charge in [-0.1, -0.05) is 24.3 Å². The molecule has 0 saturated heterocycles. The van der Waals surface area contributed by atoms with Gasteiger partial charge >= 0.3 is 0 Å². The van der Waals surface area contributed by atoms with Gasteiger partial charge in [0.1, 0.15) is 11.3 Å². The number of pyridine rings is 2. The van der Waals surface area contributed by atoms with Crippen LogP contribution in [0.4, 0.5) is 0 Å². The molecule has 0 aliphatic heterocycles. The van der Waals surface area contributed by atoms with Crippen LogP contribution in [0.1, 0.15) is 15.9 Å². The van der Waals surface area contributed by atoms with E-state index >= 15 is 0 Å². The Kier molecular flexibility index (Phi) is 4.89. The molecule has 0 atom stereocenters. The van der Waals surface area contributed by atoms with E-state index in [1.807, 2.05) is 0 Å². The molecule has 3 rings (SSSR count). The minimum Gasteiger partial charge on any atom is -0.506 e. The Morgan fingerprint density at radius 3 is 2.85 bits per heavy atom. The van der Waals surface area contributed by atoms with Gasteiger partial charge in [-0.15, -0.1) is 6.58 Å². The summed E-state index contributed by atoms with van der Waals surface area (Å²) >= 11 is 0. The zero-order valence-electron chi connectivity index (χ0n) is 13.8. The van der Waals surface area contributed by atoms with Crippen LogP contribution in [0, 0.1) is 0 Å². The molecular formula is C19H16N4O3. The van der Waals surface area contributed by atoms with Crippen LogP contribution in [-0.2, 0) is 6.54 Å². The Labute approximate surface area is 148 Å². The largest absolute Gasteiger partial charge is 0.506 e. The van der Waals surface area contributed by atoms with E-state index < -0.39 is 11.5 Å². The molecule has 2 aromatic heterocycles. The first-order valence-corrected chi connectivity index (χ1v) is 7.82. The number of aromatic hydroxyl groups is 1. The molecule has 2 N–H and O–H groups in total. The van der Waals surface area contributed by atoms with Crippen LogP contribution in [0.15, 0.2) is 71.3 Å². The summed E-state index contributed by atoms with van der Waals surface area (Å²) in [5.74, 6) is -1.17. The molecule has 7 heteroatoms. The normalized spacial score (nSPS) is 10.9. The zero-order valence-corrected chi connectivity index (χ0v) is 13.8. The Morgan fingerprint density at radius 1 is 1.31 bits per heavy atom. The number of carbonyl (C=O) groups excluding carboxylic acids is 1. The number of aromatic nitrogens is 2. The number of fused-ring (bicyclic) bond motifs is 1. The first-order valence-electron chi connectivity index (χ1n) is 7.82. The third-order valence-corrected chi connectivity index (χ3v) is 3.75. The number of nitrogens with one attached hydrogen (secondary N) is 1. The summed E-state index contributed by atoms with van der Waals surface area (Å²) < 4.78 is 1.38. The van der Waals surface area contributed by atoms with Crippen molar-refractivity contribution in [2.75, 3.05) is 0 Å². The maximum Gasteiger partial charge on any atom is 0.280 e. The van der Waals surface area contributed by atoms with Gasteiger partial charge in [0.15, 0.2) is 0 Å². The summed E-state index contributed by atoms with van der Waals surface area (Å²) in [6.45, 7) is 3.84. The van der Waals surface area contributed by atoms with E-state index in [4.69, 9.17) is 0 Å². The molecule has 0 fully saturated rings. The summed E-state index contributed by atoms with van der Waals surface area (Å²) in [6, 6.07) is 10.3. The van der Waals surface area contributed by atoms with E-state index in [-0.39, 0.29) is 17.9 Å². The molecule has 0 radical (unpaired) electrons. The predicted octanol–water partition coefficient (Wildman–Crippen LogP) is 2.05. The molecule has 130 valence electrons. The molecule has 0 spiro atoms. The van der Waals surface area contributed by atoms with Gasteiger partial charge in [-0.3, -0.25) is 14.6 Å². The molecule has 0 aliphatic carbocycles. The number of para-hydroxylation sites is 1. The van der Waals surface area contributed by atoms with E-state index in [1.54, 1.807) is 54.9 Å². The van der Waals surface area contributed by atoms with Crippen LogP contribution in [0.3, 0.4) is 0 Å². The zero-order chi connectivity index (χ0) is 18.5. The lowest BCUT2D eigenvalue weighted by molar-refractivity contribution is 0.0950. The lowest BCUT2D eigenvalue weighted by Gasteiger charge is -2.12. The highest BCUT2D eigenvalue weighted by Crippen LogP contribution is 2.26. The number of rotatable bonds is 5. The van der Waals surface area contributed by atoms with Crippen LogP contribution >= 0.6 is 0 Å². The number of hydrazone groups is 1. The fourth-order valence-electron chi connectivity index (χ4n) is 2.58. The van der Waals surface area contributed by atoms with Gasteiger partial charge in [0.2, 0.25) is 0 Å². The van der Waals surface area contributed by atoms with E-state index in [2.05, 4.69) is 22.1 Å². The Morgan fingerprint density at radius 2 is 2.12 bits per heavy atom. The standard InChI is InChI=1S/C19H16N4O3/c1-2-10-23-15-8-4-3-7-14(15)17(24)16(19(23)26)18(25)22-21-12-13-6-5-9-20-11-13/h2-9,11-12,24H,1,10H2,(H,22,25)/b21-12+. The lowest BCUT2D eigenvalue weighted by Crippen LogP contribution is -2.31. The van der Waals surface area contributed by atoms with Crippen LogP contribution < -0.4 is 11.0 Å². The van der Waals surface area contributed by atoms with E-state index in [1.165, 1.54) is 10.8 Å². The van der Waals surface area contributed by atoms with Crippen molar-refractivity contribution in [1.29, 1.82) is 0 Å². The molecule has 0 bridgehead atoms. The maximum atomic E-state index is 12.7. The quantitative estimate of drug-likeness (QED) is 0.419. The summed E-state index contributed by atoms with van der Waals surface area (Å²) in [7, 11) is 0. The first kappa shape index (κ1) is 17.1. The molecule has 0 aliphatic rings. The number of nitrogens with zero attached hydrogens (tertiary/aromatic N) is 3. The molecule has 0 unspecified atom stereocenters. The smallest absolute Gasteiger partial charge is 0.280 e. The first-order chi connectivity index (χ1) is 12.6. The second-order valence-corrected chi connectivity index (χ2v) is 5.43. The number of amides is 1. The van der Waals surface area contributed by atoms with Gasteiger partial charge in [0, 0.05) is 29.9 Å². The van der Waals surface area contributed by atoms with Crippen molar-refractivity contribution in [2.24, 2.45) is 5.10 Å². The van der Waals surface area contributed by atoms with Crippen molar-refractivity contribution in [3.05, 3.63) is 82.9 Å². The Hall–Kier alpha value is -3.74. The fourth-order valence-corrected chi connectivity index (χ4v) is 2.58. The summed E-state index contributed by atoms with van der Waals surface area (Å²) in [5.41, 5.74) is 2.48. The SMILES string of the molecule is C=CCn1c(=O)c(C(=O)N/N=C/c2cccnc2)c(O)c2ccccc21. The molecular weight excluding hydrogens is 332 g/mol. The third kappa shape index (κ3) is 3.23.